The molecule has 0 radical (unpaired) electrons. The number of aliphatic hydroxyl groups is 1. The summed E-state index contributed by atoms with van der Waals surface area (Å²) in [6.45, 7) is 8.83. The van der Waals surface area contributed by atoms with E-state index in [1.165, 1.54) is 0 Å². The standard InChI is InChI=1S/C11H26N2O/c1-10(2)8-13(5)7-6-11(3,9-14)12-4/h10,12,14H,6-9H2,1-5H3. The number of hydrogen-bond donors (Lipinski definition) is 2. The van der Waals surface area contributed by atoms with Crippen LogP contribution in [0.4, 0.5) is 0 Å². The van der Waals surface area contributed by atoms with Crippen molar-refractivity contribution in [1.82, 2.24) is 10.2 Å². The molecule has 0 heterocycles. The summed E-state index contributed by atoms with van der Waals surface area (Å²) in [5.74, 6) is 0.704. The number of likely N-dealkylation sites (N-methyl/N-ethyl adjacent to an activating group) is 1. The zero-order chi connectivity index (χ0) is 11.2. The van der Waals surface area contributed by atoms with Crippen LogP contribution in [0, 0.1) is 5.92 Å². The van der Waals surface area contributed by atoms with Crippen LogP contribution in [0.5, 0.6) is 0 Å². The zero-order valence-corrected chi connectivity index (χ0v) is 10.3. The number of hydrogen-bond acceptors (Lipinski definition) is 3. The lowest BCUT2D eigenvalue weighted by atomic mass is 9.99. The molecule has 0 saturated carbocycles. The van der Waals surface area contributed by atoms with Gasteiger partial charge in [-0.05, 0) is 39.9 Å². The van der Waals surface area contributed by atoms with Gasteiger partial charge in [0.1, 0.15) is 0 Å². The summed E-state index contributed by atoms with van der Waals surface area (Å²) < 4.78 is 0. The third kappa shape index (κ3) is 5.58. The van der Waals surface area contributed by atoms with E-state index in [1.807, 2.05) is 7.05 Å². The molecule has 86 valence electrons. The molecule has 0 amide bonds. The van der Waals surface area contributed by atoms with E-state index in [-0.39, 0.29) is 12.1 Å². The van der Waals surface area contributed by atoms with E-state index in [4.69, 9.17) is 0 Å². The largest absolute Gasteiger partial charge is 0.394 e. The monoisotopic (exact) mass is 202 g/mol. The van der Waals surface area contributed by atoms with Crippen LogP contribution >= 0.6 is 0 Å². The summed E-state index contributed by atoms with van der Waals surface area (Å²) in [6.07, 6.45) is 0.975. The van der Waals surface area contributed by atoms with Crippen LogP contribution in [0.15, 0.2) is 0 Å². The molecule has 0 aromatic heterocycles. The molecule has 0 spiro atoms. The first-order valence-corrected chi connectivity index (χ1v) is 5.42. The van der Waals surface area contributed by atoms with Gasteiger partial charge >= 0.3 is 0 Å². The molecule has 14 heavy (non-hydrogen) atoms. The first-order valence-electron chi connectivity index (χ1n) is 5.42. The topological polar surface area (TPSA) is 35.5 Å². The van der Waals surface area contributed by atoms with Gasteiger partial charge in [-0.1, -0.05) is 13.8 Å². The number of nitrogens with zero attached hydrogens (tertiary/aromatic N) is 1. The summed E-state index contributed by atoms with van der Waals surface area (Å²) in [4.78, 5) is 2.32. The van der Waals surface area contributed by atoms with Crippen molar-refractivity contribution in [1.29, 1.82) is 0 Å². The number of nitrogens with one attached hydrogen (secondary N) is 1. The van der Waals surface area contributed by atoms with E-state index >= 15 is 0 Å². The molecule has 3 nitrogen and oxygen atoms in total. The van der Waals surface area contributed by atoms with Crippen LogP contribution in [0.1, 0.15) is 27.2 Å². The molecule has 0 rings (SSSR count). The Balaban J connectivity index is 3.79. The SMILES string of the molecule is CNC(C)(CO)CCN(C)CC(C)C. The van der Waals surface area contributed by atoms with Gasteiger partial charge in [0.15, 0.2) is 0 Å². The van der Waals surface area contributed by atoms with Crippen molar-refractivity contribution < 1.29 is 5.11 Å². The van der Waals surface area contributed by atoms with Crippen molar-refractivity contribution in [3.63, 3.8) is 0 Å². The highest BCUT2D eigenvalue weighted by molar-refractivity contribution is 4.81. The second-order valence-electron chi connectivity index (χ2n) is 4.87. The molecule has 0 fully saturated rings. The molecule has 0 saturated heterocycles. The van der Waals surface area contributed by atoms with Gasteiger partial charge in [0.05, 0.1) is 6.61 Å². The minimum absolute atomic E-state index is 0.134. The highest BCUT2D eigenvalue weighted by Gasteiger charge is 2.20. The van der Waals surface area contributed by atoms with E-state index in [2.05, 4.69) is 38.0 Å². The Bertz CT molecular complexity index is 144. The van der Waals surface area contributed by atoms with Crippen LogP contribution < -0.4 is 5.32 Å². The van der Waals surface area contributed by atoms with Crippen molar-refractivity contribution in [3.05, 3.63) is 0 Å². The van der Waals surface area contributed by atoms with E-state index in [0.29, 0.717) is 5.92 Å². The quantitative estimate of drug-likeness (QED) is 0.645. The first kappa shape index (κ1) is 13.9. The Morgan fingerprint density at radius 1 is 1.43 bits per heavy atom. The molecular weight excluding hydrogens is 176 g/mol. The van der Waals surface area contributed by atoms with E-state index < -0.39 is 0 Å². The molecule has 3 heteroatoms. The maximum absolute atomic E-state index is 9.20. The Kier molecular flexibility index (Phi) is 6.33. The van der Waals surface area contributed by atoms with Gasteiger partial charge in [-0.15, -0.1) is 0 Å². The molecule has 0 aliphatic rings. The molecule has 0 bridgehead atoms. The predicted octanol–water partition coefficient (Wildman–Crippen LogP) is 0.935. The second kappa shape index (κ2) is 6.38. The van der Waals surface area contributed by atoms with Crippen molar-refractivity contribution in [2.75, 3.05) is 33.8 Å². The summed E-state index contributed by atoms with van der Waals surface area (Å²) >= 11 is 0. The molecule has 0 aromatic rings. The minimum Gasteiger partial charge on any atom is -0.394 e. The van der Waals surface area contributed by atoms with Gasteiger partial charge in [0, 0.05) is 12.1 Å². The van der Waals surface area contributed by atoms with E-state index in [0.717, 1.165) is 19.5 Å². The molecular formula is C11H26N2O. The summed E-state index contributed by atoms with van der Waals surface area (Å²) in [7, 11) is 4.03. The minimum atomic E-state index is -0.134. The van der Waals surface area contributed by atoms with Crippen molar-refractivity contribution >= 4 is 0 Å². The number of rotatable bonds is 7. The molecule has 1 unspecified atom stereocenters. The average Bonchev–Trinajstić information content (AvgIpc) is 2.13. The highest BCUT2D eigenvalue weighted by atomic mass is 16.3. The van der Waals surface area contributed by atoms with Gasteiger partial charge in [0.25, 0.3) is 0 Å². The summed E-state index contributed by atoms with van der Waals surface area (Å²) in [5, 5.41) is 12.4. The van der Waals surface area contributed by atoms with Gasteiger partial charge in [-0.2, -0.15) is 0 Å². The van der Waals surface area contributed by atoms with Gasteiger partial charge in [0.2, 0.25) is 0 Å². The van der Waals surface area contributed by atoms with Crippen LogP contribution in [0.25, 0.3) is 0 Å². The van der Waals surface area contributed by atoms with E-state index in [9.17, 15) is 5.11 Å². The van der Waals surface area contributed by atoms with Crippen LogP contribution in [-0.4, -0.2) is 49.3 Å². The zero-order valence-electron chi connectivity index (χ0n) is 10.3. The third-order valence-corrected chi connectivity index (χ3v) is 2.67. The Hall–Kier alpha value is -0.120. The maximum atomic E-state index is 9.20. The maximum Gasteiger partial charge on any atom is 0.0610 e. The predicted molar refractivity (Wildman–Crippen MR) is 61.5 cm³/mol. The fourth-order valence-corrected chi connectivity index (χ4v) is 1.44. The fourth-order valence-electron chi connectivity index (χ4n) is 1.44. The third-order valence-electron chi connectivity index (χ3n) is 2.67. The molecule has 2 N–H and O–H groups in total. The van der Waals surface area contributed by atoms with Gasteiger partial charge < -0.3 is 15.3 Å². The summed E-state index contributed by atoms with van der Waals surface area (Å²) in [5.41, 5.74) is -0.134. The second-order valence-corrected chi connectivity index (χ2v) is 4.87. The van der Waals surface area contributed by atoms with Crippen LogP contribution in [0.2, 0.25) is 0 Å². The van der Waals surface area contributed by atoms with Crippen molar-refractivity contribution in [2.24, 2.45) is 5.92 Å². The lowest BCUT2D eigenvalue weighted by Crippen LogP contribution is -2.45. The molecule has 0 aliphatic heterocycles. The van der Waals surface area contributed by atoms with E-state index in [1.54, 1.807) is 0 Å². The summed E-state index contributed by atoms with van der Waals surface area (Å²) in [6, 6.07) is 0. The average molecular weight is 202 g/mol. The Labute approximate surface area is 88.5 Å². The number of aliphatic hydroxyl groups excluding tert-OH is 1. The van der Waals surface area contributed by atoms with Crippen molar-refractivity contribution in [3.8, 4) is 0 Å². The molecule has 0 aliphatic carbocycles. The van der Waals surface area contributed by atoms with Crippen LogP contribution in [-0.2, 0) is 0 Å². The smallest absolute Gasteiger partial charge is 0.0610 e. The first-order chi connectivity index (χ1) is 6.43. The highest BCUT2D eigenvalue weighted by Crippen LogP contribution is 2.09. The van der Waals surface area contributed by atoms with Crippen molar-refractivity contribution in [2.45, 2.75) is 32.7 Å². The van der Waals surface area contributed by atoms with Crippen LogP contribution in [0.3, 0.4) is 0 Å². The lowest BCUT2D eigenvalue weighted by molar-refractivity contribution is 0.156. The Morgan fingerprint density at radius 3 is 2.36 bits per heavy atom. The van der Waals surface area contributed by atoms with Gasteiger partial charge in [-0.3, -0.25) is 0 Å². The Morgan fingerprint density at radius 2 is 2.00 bits per heavy atom. The molecule has 1 atom stereocenters. The van der Waals surface area contributed by atoms with Gasteiger partial charge in [-0.25, -0.2) is 0 Å². The fraction of sp³-hybridized carbons (Fsp3) is 1.00. The molecule has 0 aromatic carbocycles. The normalized spacial score (nSPS) is 16.3. The lowest BCUT2D eigenvalue weighted by Gasteiger charge is -2.29.